The minimum Gasteiger partial charge on any atom is -0.494 e. The summed E-state index contributed by atoms with van der Waals surface area (Å²) < 4.78 is 17.7. The van der Waals surface area contributed by atoms with Crippen LogP contribution in [0.25, 0.3) is 27.7 Å². The normalized spacial score (nSPS) is 16.7. The van der Waals surface area contributed by atoms with Gasteiger partial charge in [-0.2, -0.15) is 0 Å². The monoisotopic (exact) mass is 461 g/mol. The van der Waals surface area contributed by atoms with Crippen LogP contribution in [0.2, 0.25) is 0 Å². The van der Waals surface area contributed by atoms with E-state index in [-0.39, 0.29) is 11.9 Å². The van der Waals surface area contributed by atoms with Crippen LogP contribution in [0.3, 0.4) is 0 Å². The van der Waals surface area contributed by atoms with Gasteiger partial charge in [0.2, 0.25) is 5.91 Å². The van der Waals surface area contributed by atoms with Gasteiger partial charge in [-0.25, -0.2) is 0 Å². The predicted octanol–water partition coefficient (Wildman–Crippen LogP) is 7.01. The zero-order chi connectivity index (χ0) is 24.2. The maximum atomic E-state index is 13.1. The van der Waals surface area contributed by atoms with Gasteiger partial charge >= 0.3 is 0 Å². The quantitative estimate of drug-likeness (QED) is 0.355. The van der Waals surface area contributed by atoms with Crippen molar-refractivity contribution in [3.63, 3.8) is 0 Å². The number of allylic oxidation sites excluding steroid dienone is 1. The molecule has 0 aliphatic carbocycles. The van der Waals surface area contributed by atoms with Crippen molar-refractivity contribution in [2.75, 3.05) is 19.8 Å². The topological polar surface area (TPSA) is 51.9 Å². The first-order valence-corrected chi connectivity index (χ1v) is 12.3. The van der Waals surface area contributed by atoms with Gasteiger partial charge in [0.25, 0.3) is 0 Å². The summed E-state index contributed by atoms with van der Waals surface area (Å²) in [5.41, 5.74) is 5.64. The van der Waals surface area contributed by atoms with E-state index in [2.05, 4.69) is 13.0 Å². The van der Waals surface area contributed by atoms with E-state index in [1.54, 1.807) is 12.3 Å². The lowest BCUT2D eigenvalue weighted by Crippen LogP contribution is -2.41. The molecule has 1 aromatic heterocycles. The number of aryl methyl sites for hydroxylation is 1. The summed E-state index contributed by atoms with van der Waals surface area (Å²) in [6, 6.07) is 10.4. The molecule has 4 rings (SSSR count). The predicted molar refractivity (Wildman–Crippen MR) is 137 cm³/mol. The van der Waals surface area contributed by atoms with Gasteiger partial charge in [0.15, 0.2) is 0 Å². The fraction of sp³-hybridized carbons (Fsp3) is 0.414. The van der Waals surface area contributed by atoms with Crippen LogP contribution in [0.15, 0.2) is 47.1 Å². The minimum absolute atomic E-state index is 0.0730. The lowest BCUT2D eigenvalue weighted by atomic mass is 9.96. The van der Waals surface area contributed by atoms with Crippen LogP contribution < -0.4 is 9.47 Å². The van der Waals surface area contributed by atoms with Crippen molar-refractivity contribution in [2.45, 2.75) is 59.9 Å². The summed E-state index contributed by atoms with van der Waals surface area (Å²) in [7, 11) is 0. The van der Waals surface area contributed by atoms with Gasteiger partial charge in [-0.05, 0) is 83.2 Å². The summed E-state index contributed by atoms with van der Waals surface area (Å²) in [4.78, 5) is 15.1. The van der Waals surface area contributed by atoms with Crippen LogP contribution in [0, 0.1) is 6.92 Å². The van der Waals surface area contributed by atoms with Crippen molar-refractivity contribution < 1.29 is 18.7 Å². The Hall–Kier alpha value is -3.21. The number of furan rings is 1. The number of benzene rings is 2. The van der Waals surface area contributed by atoms with Crippen molar-refractivity contribution in [1.29, 1.82) is 0 Å². The highest BCUT2D eigenvalue weighted by molar-refractivity contribution is 6.01. The Bertz CT molecular complexity index is 1190. The van der Waals surface area contributed by atoms with E-state index in [0.717, 1.165) is 69.7 Å². The van der Waals surface area contributed by atoms with Gasteiger partial charge in [-0.1, -0.05) is 12.1 Å². The number of fused-ring (bicyclic) bond motifs is 1. The molecular formula is C29H35NO4. The molecule has 0 radical (unpaired) electrons. The Kier molecular flexibility index (Phi) is 7.30. The third kappa shape index (κ3) is 4.70. The Morgan fingerprint density at radius 2 is 1.88 bits per heavy atom. The third-order valence-electron chi connectivity index (χ3n) is 6.66. The molecule has 1 atom stereocenters. The van der Waals surface area contributed by atoms with E-state index >= 15 is 0 Å². The second-order valence-electron chi connectivity index (χ2n) is 9.00. The number of likely N-dealkylation sites (tertiary alicyclic amines) is 1. The molecule has 1 amide bonds. The number of carbonyl (C=O) groups is 1. The van der Waals surface area contributed by atoms with Crippen molar-refractivity contribution in [3.8, 4) is 22.6 Å². The van der Waals surface area contributed by atoms with Crippen LogP contribution in [0.1, 0.15) is 58.1 Å². The zero-order valence-electron chi connectivity index (χ0n) is 20.9. The van der Waals surface area contributed by atoms with Crippen molar-refractivity contribution in [2.24, 2.45) is 0 Å². The average Bonchev–Trinajstić information content (AvgIpc) is 3.26. The molecule has 1 aliphatic rings. The summed E-state index contributed by atoms with van der Waals surface area (Å²) in [6.45, 7) is 12.1. The fourth-order valence-corrected chi connectivity index (χ4v) is 4.83. The van der Waals surface area contributed by atoms with Gasteiger partial charge in [0.05, 0.1) is 19.5 Å². The molecule has 1 fully saturated rings. The number of nitrogens with zero attached hydrogens (tertiary/aromatic N) is 1. The van der Waals surface area contributed by atoms with Crippen LogP contribution in [-0.2, 0) is 4.79 Å². The SMILES string of the molecule is CCOc1ccc(-c2coc3c(C)c(OCC)c(/C(C)=C/C(=O)N4CCCCC4C)cc23)cc1. The van der Waals surface area contributed by atoms with Gasteiger partial charge in [0, 0.05) is 40.7 Å². The number of piperidine rings is 1. The second kappa shape index (κ2) is 10.4. The van der Waals surface area contributed by atoms with Crippen LogP contribution in [0.5, 0.6) is 11.5 Å². The zero-order valence-corrected chi connectivity index (χ0v) is 20.9. The summed E-state index contributed by atoms with van der Waals surface area (Å²) in [5.74, 6) is 1.69. The van der Waals surface area contributed by atoms with E-state index in [9.17, 15) is 4.79 Å². The van der Waals surface area contributed by atoms with Crippen molar-refractivity contribution >= 4 is 22.4 Å². The first-order chi connectivity index (χ1) is 16.4. The van der Waals surface area contributed by atoms with Crippen molar-refractivity contribution in [1.82, 2.24) is 4.90 Å². The third-order valence-corrected chi connectivity index (χ3v) is 6.66. The fourth-order valence-electron chi connectivity index (χ4n) is 4.83. The molecule has 5 nitrogen and oxygen atoms in total. The molecule has 1 unspecified atom stereocenters. The smallest absolute Gasteiger partial charge is 0.247 e. The highest BCUT2D eigenvalue weighted by Gasteiger charge is 2.23. The van der Waals surface area contributed by atoms with E-state index in [0.29, 0.717) is 13.2 Å². The van der Waals surface area contributed by atoms with Gasteiger partial charge in [0.1, 0.15) is 17.1 Å². The number of amides is 1. The molecule has 1 saturated heterocycles. The minimum atomic E-state index is 0.0730. The number of rotatable bonds is 7. The van der Waals surface area contributed by atoms with Gasteiger partial charge in [-0.15, -0.1) is 0 Å². The van der Waals surface area contributed by atoms with E-state index in [1.807, 2.05) is 56.9 Å². The Morgan fingerprint density at radius 3 is 2.56 bits per heavy atom. The van der Waals surface area contributed by atoms with Crippen LogP contribution in [0.4, 0.5) is 0 Å². The molecule has 0 spiro atoms. The summed E-state index contributed by atoms with van der Waals surface area (Å²) in [6.07, 6.45) is 6.88. The van der Waals surface area contributed by atoms with Crippen LogP contribution in [-0.4, -0.2) is 36.6 Å². The van der Waals surface area contributed by atoms with Crippen molar-refractivity contribution in [3.05, 3.63) is 53.8 Å². The molecule has 180 valence electrons. The molecule has 0 saturated carbocycles. The lowest BCUT2D eigenvalue weighted by molar-refractivity contribution is -0.129. The average molecular weight is 462 g/mol. The molecule has 2 aromatic carbocycles. The first kappa shape index (κ1) is 23.9. The molecule has 0 bridgehead atoms. The maximum absolute atomic E-state index is 13.1. The highest BCUT2D eigenvalue weighted by atomic mass is 16.5. The largest absolute Gasteiger partial charge is 0.494 e. The van der Waals surface area contributed by atoms with Crippen LogP contribution >= 0.6 is 0 Å². The Labute approximate surface area is 202 Å². The Morgan fingerprint density at radius 1 is 1.15 bits per heavy atom. The molecule has 3 aromatic rings. The second-order valence-corrected chi connectivity index (χ2v) is 9.00. The lowest BCUT2D eigenvalue weighted by Gasteiger charge is -2.32. The number of hydrogen-bond acceptors (Lipinski definition) is 4. The number of carbonyl (C=O) groups excluding carboxylic acids is 1. The number of ether oxygens (including phenoxy) is 2. The highest BCUT2D eigenvalue weighted by Crippen LogP contribution is 2.41. The molecule has 0 N–H and O–H groups in total. The summed E-state index contributed by atoms with van der Waals surface area (Å²) >= 11 is 0. The molecular weight excluding hydrogens is 426 g/mol. The Balaban J connectivity index is 1.78. The molecule has 1 aliphatic heterocycles. The maximum Gasteiger partial charge on any atom is 0.247 e. The molecule has 34 heavy (non-hydrogen) atoms. The van der Waals surface area contributed by atoms with Gasteiger partial charge in [-0.3, -0.25) is 4.79 Å². The van der Waals surface area contributed by atoms with E-state index in [4.69, 9.17) is 13.9 Å². The first-order valence-electron chi connectivity index (χ1n) is 12.3. The summed E-state index contributed by atoms with van der Waals surface area (Å²) in [5, 5.41) is 1.01. The molecule has 2 heterocycles. The number of hydrogen-bond donors (Lipinski definition) is 0. The van der Waals surface area contributed by atoms with E-state index in [1.165, 1.54) is 6.42 Å². The molecule has 5 heteroatoms. The standard InChI is InChI=1S/C29H35NO4/c1-6-32-23-13-11-22(12-14-23)26-18-34-29-21(5)28(33-7-2)24(17-25(26)29)19(3)16-27(31)30-15-9-8-10-20(30)4/h11-14,16-18,20H,6-10,15H2,1-5H3/b19-16+. The van der Waals surface area contributed by atoms with Gasteiger partial charge < -0.3 is 18.8 Å². The van der Waals surface area contributed by atoms with E-state index < -0.39 is 0 Å².